The van der Waals surface area contributed by atoms with Gasteiger partial charge in [-0.1, -0.05) is 25.1 Å². The molecule has 104 valence electrons. The largest absolute Gasteiger partial charge is 0.466 e. The van der Waals surface area contributed by atoms with E-state index in [2.05, 4.69) is 12.6 Å². The van der Waals surface area contributed by atoms with E-state index in [9.17, 15) is 9.59 Å². The third-order valence-corrected chi connectivity index (χ3v) is 3.01. The van der Waals surface area contributed by atoms with E-state index in [1.54, 1.807) is 19.1 Å². The molecule has 0 amide bonds. The summed E-state index contributed by atoms with van der Waals surface area (Å²) in [5.74, 6) is -0.101. The van der Waals surface area contributed by atoms with Gasteiger partial charge in [-0.05, 0) is 12.5 Å². The zero-order chi connectivity index (χ0) is 14.3. The van der Waals surface area contributed by atoms with Gasteiger partial charge in [0.15, 0.2) is 0 Å². The first-order valence-electron chi connectivity index (χ1n) is 6.15. The smallest absolute Gasteiger partial charge is 0.308 e. The van der Waals surface area contributed by atoms with Gasteiger partial charge >= 0.3 is 11.9 Å². The Morgan fingerprint density at radius 1 is 1.32 bits per heavy atom. The summed E-state index contributed by atoms with van der Waals surface area (Å²) in [6.45, 7) is 3.40. The van der Waals surface area contributed by atoms with Crippen molar-refractivity contribution in [3.63, 3.8) is 0 Å². The van der Waals surface area contributed by atoms with Crippen LogP contribution in [0.3, 0.4) is 0 Å². The van der Waals surface area contributed by atoms with Crippen molar-refractivity contribution in [2.45, 2.75) is 31.9 Å². The first kappa shape index (κ1) is 15.6. The molecule has 0 aromatic heterocycles. The molecule has 0 saturated carbocycles. The Morgan fingerprint density at radius 3 is 2.63 bits per heavy atom. The molecule has 0 aliphatic heterocycles. The fourth-order valence-corrected chi connectivity index (χ4v) is 1.86. The van der Waals surface area contributed by atoms with Gasteiger partial charge < -0.3 is 9.47 Å². The normalized spacial score (nSPS) is 11.7. The van der Waals surface area contributed by atoms with Crippen LogP contribution in [0.1, 0.15) is 37.5 Å². The molecule has 0 aliphatic carbocycles. The minimum atomic E-state index is -0.370. The fraction of sp³-hybridized carbons (Fsp3) is 0.429. The zero-order valence-electron chi connectivity index (χ0n) is 11.1. The molecule has 4 nitrogen and oxygen atoms in total. The van der Waals surface area contributed by atoms with Gasteiger partial charge in [-0.3, -0.25) is 9.59 Å². The number of ether oxygens (including phenoxy) is 2. The molecule has 0 bridgehead atoms. The van der Waals surface area contributed by atoms with E-state index < -0.39 is 0 Å². The number of para-hydroxylation sites is 1. The molecule has 0 N–H and O–H groups in total. The van der Waals surface area contributed by atoms with Gasteiger partial charge in [0.05, 0.1) is 6.61 Å². The Labute approximate surface area is 118 Å². The van der Waals surface area contributed by atoms with E-state index in [4.69, 9.17) is 9.47 Å². The van der Waals surface area contributed by atoms with Crippen LogP contribution in [0.15, 0.2) is 24.3 Å². The molecule has 1 aromatic carbocycles. The minimum absolute atomic E-state index is 0.153. The summed E-state index contributed by atoms with van der Waals surface area (Å²) in [6.07, 6.45) is 0.925. The quantitative estimate of drug-likeness (QED) is 0.495. The van der Waals surface area contributed by atoms with Crippen molar-refractivity contribution in [3.8, 4) is 5.75 Å². The predicted molar refractivity (Wildman–Crippen MR) is 75.3 cm³/mol. The molecule has 0 aliphatic rings. The number of benzene rings is 1. The number of hydrogen-bond donors (Lipinski definition) is 1. The molecule has 1 atom stereocenters. The molecule has 0 radical (unpaired) electrons. The molecule has 0 spiro atoms. The summed E-state index contributed by atoms with van der Waals surface area (Å²) in [7, 11) is 0. The van der Waals surface area contributed by atoms with Crippen LogP contribution in [-0.4, -0.2) is 18.5 Å². The Bertz CT molecular complexity index is 445. The van der Waals surface area contributed by atoms with Crippen molar-refractivity contribution in [3.05, 3.63) is 29.8 Å². The van der Waals surface area contributed by atoms with Crippen molar-refractivity contribution in [1.82, 2.24) is 0 Å². The van der Waals surface area contributed by atoms with E-state index in [0.29, 0.717) is 25.2 Å². The maximum atomic E-state index is 11.0. The second-order valence-corrected chi connectivity index (χ2v) is 4.63. The maximum Gasteiger partial charge on any atom is 0.308 e. The average molecular weight is 282 g/mol. The molecular weight excluding hydrogens is 264 g/mol. The molecule has 5 heteroatoms. The van der Waals surface area contributed by atoms with Gasteiger partial charge in [-0.15, -0.1) is 0 Å². The average Bonchev–Trinajstić information content (AvgIpc) is 2.38. The molecule has 0 heterocycles. The topological polar surface area (TPSA) is 52.6 Å². The number of carbonyl (C=O) groups is 2. The van der Waals surface area contributed by atoms with E-state index in [-0.39, 0.29) is 17.2 Å². The first-order chi connectivity index (χ1) is 9.04. The minimum Gasteiger partial charge on any atom is -0.466 e. The lowest BCUT2D eigenvalue weighted by Gasteiger charge is -2.15. The van der Waals surface area contributed by atoms with E-state index >= 15 is 0 Å². The first-order valence-corrected chi connectivity index (χ1v) is 6.67. The molecule has 1 rings (SSSR count). The highest BCUT2D eigenvalue weighted by atomic mass is 32.1. The fourth-order valence-electron chi connectivity index (χ4n) is 1.55. The Morgan fingerprint density at radius 2 is 2.00 bits per heavy atom. The molecular formula is C14H18O4S. The summed E-state index contributed by atoms with van der Waals surface area (Å²) in [6, 6.07) is 7.21. The third-order valence-electron chi connectivity index (χ3n) is 2.47. The van der Waals surface area contributed by atoms with Crippen LogP contribution in [0, 0.1) is 0 Å². The second kappa shape index (κ2) is 7.84. The lowest BCUT2D eigenvalue weighted by molar-refractivity contribution is -0.143. The standard InChI is InChI=1S/C14H18O4S/c1-3-14(16)17-9-8-13(19)11-6-4-5-7-12(11)18-10(2)15/h4-7,13,19H,3,8-9H2,1-2H3. The number of rotatable bonds is 6. The Balaban J connectivity index is 2.63. The van der Waals surface area contributed by atoms with Gasteiger partial charge in [-0.2, -0.15) is 12.6 Å². The van der Waals surface area contributed by atoms with Crippen LogP contribution in [0.25, 0.3) is 0 Å². The highest BCUT2D eigenvalue weighted by molar-refractivity contribution is 7.80. The van der Waals surface area contributed by atoms with Crippen molar-refractivity contribution in [2.75, 3.05) is 6.61 Å². The van der Waals surface area contributed by atoms with Gasteiger partial charge in [0.1, 0.15) is 5.75 Å². The maximum absolute atomic E-state index is 11.0. The van der Waals surface area contributed by atoms with Crippen LogP contribution < -0.4 is 4.74 Å². The van der Waals surface area contributed by atoms with Gasteiger partial charge in [0.2, 0.25) is 0 Å². The lowest BCUT2D eigenvalue weighted by Crippen LogP contribution is -2.08. The van der Waals surface area contributed by atoms with Gasteiger partial charge in [-0.25, -0.2) is 0 Å². The van der Waals surface area contributed by atoms with Crippen LogP contribution >= 0.6 is 12.6 Å². The molecule has 19 heavy (non-hydrogen) atoms. The van der Waals surface area contributed by atoms with Crippen molar-refractivity contribution >= 4 is 24.6 Å². The number of carbonyl (C=O) groups excluding carboxylic acids is 2. The number of thiol groups is 1. The summed E-state index contributed by atoms with van der Waals surface area (Å²) < 4.78 is 10.1. The molecule has 0 fully saturated rings. The van der Waals surface area contributed by atoms with Crippen LogP contribution in [0.5, 0.6) is 5.75 Å². The molecule has 0 saturated heterocycles. The summed E-state index contributed by atoms with van der Waals surface area (Å²) in [4.78, 5) is 22.0. The van der Waals surface area contributed by atoms with Crippen molar-refractivity contribution < 1.29 is 19.1 Å². The van der Waals surface area contributed by atoms with E-state index in [1.807, 2.05) is 12.1 Å². The van der Waals surface area contributed by atoms with E-state index in [0.717, 1.165) is 5.56 Å². The number of hydrogen-bond acceptors (Lipinski definition) is 5. The summed E-state index contributed by atoms with van der Waals surface area (Å²) in [5.41, 5.74) is 0.814. The van der Waals surface area contributed by atoms with Crippen LogP contribution in [-0.2, 0) is 14.3 Å². The van der Waals surface area contributed by atoms with Crippen molar-refractivity contribution in [1.29, 1.82) is 0 Å². The third kappa shape index (κ3) is 5.34. The summed E-state index contributed by atoms with van der Waals surface area (Å²) in [5, 5.41) is -0.153. The Hall–Kier alpha value is -1.49. The highest BCUT2D eigenvalue weighted by Crippen LogP contribution is 2.31. The van der Waals surface area contributed by atoms with Gasteiger partial charge in [0, 0.05) is 24.2 Å². The zero-order valence-corrected chi connectivity index (χ0v) is 12.0. The van der Waals surface area contributed by atoms with Gasteiger partial charge in [0.25, 0.3) is 0 Å². The second-order valence-electron chi connectivity index (χ2n) is 4.01. The molecule has 1 unspecified atom stereocenters. The summed E-state index contributed by atoms with van der Waals surface area (Å²) >= 11 is 4.46. The van der Waals surface area contributed by atoms with Crippen LogP contribution in [0.4, 0.5) is 0 Å². The van der Waals surface area contributed by atoms with E-state index in [1.165, 1.54) is 6.92 Å². The Kier molecular flexibility index (Phi) is 6.42. The number of esters is 2. The van der Waals surface area contributed by atoms with Crippen LogP contribution in [0.2, 0.25) is 0 Å². The SMILES string of the molecule is CCC(=O)OCCC(S)c1ccccc1OC(C)=O. The monoisotopic (exact) mass is 282 g/mol. The molecule has 1 aromatic rings. The highest BCUT2D eigenvalue weighted by Gasteiger charge is 2.14. The predicted octanol–water partition coefficient (Wildman–Crippen LogP) is 2.93. The van der Waals surface area contributed by atoms with Crippen molar-refractivity contribution in [2.24, 2.45) is 0 Å². The lowest BCUT2D eigenvalue weighted by atomic mass is 10.1.